The summed E-state index contributed by atoms with van der Waals surface area (Å²) in [7, 11) is 0. The minimum absolute atomic E-state index is 0.134. The third-order valence-electron chi connectivity index (χ3n) is 5.16. The van der Waals surface area contributed by atoms with Gasteiger partial charge < -0.3 is 4.90 Å². The number of thiazole rings is 1. The molecule has 0 radical (unpaired) electrons. The summed E-state index contributed by atoms with van der Waals surface area (Å²) < 4.78 is 0. The van der Waals surface area contributed by atoms with E-state index in [0.717, 1.165) is 47.3 Å². The lowest BCUT2D eigenvalue weighted by Crippen LogP contribution is -2.50. The Morgan fingerprint density at radius 2 is 1.80 bits per heavy atom. The monoisotopic (exact) mass is 357 g/mol. The lowest BCUT2D eigenvalue weighted by molar-refractivity contribution is 0.0599. The van der Waals surface area contributed by atoms with Gasteiger partial charge in [0.15, 0.2) is 0 Å². The Morgan fingerprint density at radius 1 is 1.12 bits per heavy atom. The van der Waals surface area contributed by atoms with Gasteiger partial charge >= 0.3 is 0 Å². The highest BCUT2D eigenvalue weighted by Gasteiger charge is 2.26. The van der Waals surface area contributed by atoms with Gasteiger partial charge in [0, 0.05) is 37.8 Å². The predicted octanol–water partition coefficient (Wildman–Crippen LogP) is 3.90. The van der Waals surface area contributed by atoms with E-state index in [1.54, 1.807) is 0 Å². The zero-order chi connectivity index (χ0) is 18.1. The van der Waals surface area contributed by atoms with Crippen LogP contribution in [0, 0.1) is 20.8 Å². The fourth-order valence-electron chi connectivity index (χ4n) is 3.28. The number of benzene rings is 1. The molecule has 1 fully saturated rings. The van der Waals surface area contributed by atoms with Crippen molar-refractivity contribution < 1.29 is 4.79 Å². The molecule has 2 heterocycles. The van der Waals surface area contributed by atoms with Crippen molar-refractivity contribution >= 4 is 17.2 Å². The average molecular weight is 358 g/mol. The molecule has 2 aromatic rings. The molecule has 1 aromatic heterocycles. The zero-order valence-corrected chi connectivity index (χ0v) is 16.6. The first-order valence-electron chi connectivity index (χ1n) is 8.96. The van der Waals surface area contributed by atoms with E-state index in [1.807, 2.05) is 11.8 Å². The van der Waals surface area contributed by atoms with E-state index in [0.29, 0.717) is 6.04 Å². The fraction of sp³-hybridized carbons (Fsp3) is 0.500. The van der Waals surface area contributed by atoms with Crippen molar-refractivity contribution in [2.45, 2.75) is 40.7 Å². The van der Waals surface area contributed by atoms with E-state index in [9.17, 15) is 4.79 Å². The van der Waals surface area contributed by atoms with E-state index in [-0.39, 0.29) is 5.91 Å². The number of piperazine rings is 1. The summed E-state index contributed by atoms with van der Waals surface area (Å²) in [6.07, 6.45) is 0. The Labute approximate surface area is 154 Å². The van der Waals surface area contributed by atoms with Gasteiger partial charge in [-0.15, -0.1) is 11.3 Å². The molecule has 1 saturated heterocycles. The Hall–Kier alpha value is -1.72. The molecule has 1 amide bonds. The van der Waals surface area contributed by atoms with Crippen molar-refractivity contribution in [3.8, 4) is 10.6 Å². The molecular formula is C20H27N3OS. The third-order valence-corrected chi connectivity index (χ3v) is 6.34. The Kier molecular flexibility index (Phi) is 5.25. The fourth-order valence-corrected chi connectivity index (χ4v) is 4.39. The first-order chi connectivity index (χ1) is 11.9. The van der Waals surface area contributed by atoms with Gasteiger partial charge in [0.05, 0.1) is 5.69 Å². The Bertz CT molecular complexity index is 773. The van der Waals surface area contributed by atoms with Crippen LogP contribution in [0.3, 0.4) is 0 Å². The van der Waals surface area contributed by atoms with Gasteiger partial charge in [0.1, 0.15) is 9.88 Å². The number of rotatable bonds is 3. The third kappa shape index (κ3) is 3.62. The van der Waals surface area contributed by atoms with Crippen LogP contribution in [0.15, 0.2) is 18.2 Å². The largest absolute Gasteiger partial charge is 0.335 e. The SMILES string of the molecule is Cc1cccc(-c2nc(C)c(C(=O)N3CCN(C(C)C)CC3)s2)c1C. The van der Waals surface area contributed by atoms with Crippen molar-refractivity contribution in [1.29, 1.82) is 0 Å². The minimum Gasteiger partial charge on any atom is -0.335 e. The molecule has 134 valence electrons. The lowest BCUT2D eigenvalue weighted by Gasteiger charge is -2.36. The number of nitrogens with zero attached hydrogens (tertiary/aromatic N) is 3. The second-order valence-electron chi connectivity index (χ2n) is 7.10. The van der Waals surface area contributed by atoms with E-state index in [1.165, 1.54) is 22.5 Å². The summed E-state index contributed by atoms with van der Waals surface area (Å²) in [4.78, 5) is 22.9. The summed E-state index contributed by atoms with van der Waals surface area (Å²) in [6.45, 7) is 14.1. The molecule has 3 rings (SSSR count). The van der Waals surface area contributed by atoms with Gasteiger partial charge in [0.2, 0.25) is 0 Å². The highest BCUT2D eigenvalue weighted by molar-refractivity contribution is 7.17. The topological polar surface area (TPSA) is 36.4 Å². The molecule has 5 heteroatoms. The van der Waals surface area contributed by atoms with Crippen LogP contribution in [0.25, 0.3) is 10.6 Å². The number of carbonyl (C=O) groups excluding carboxylic acids is 1. The molecule has 1 aromatic carbocycles. The summed E-state index contributed by atoms with van der Waals surface area (Å²) in [5, 5.41) is 0.947. The summed E-state index contributed by atoms with van der Waals surface area (Å²) in [5.74, 6) is 0.134. The van der Waals surface area contributed by atoms with Gasteiger partial charge in [-0.3, -0.25) is 9.69 Å². The Balaban J connectivity index is 1.81. The van der Waals surface area contributed by atoms with E-state index >= 15 is 0 Å². The lowest BCUT2D eigenvalue weighted by atomic mass is 10.0. The molecule has 1 aliphatic rings. The van der Waals surface area contributed by atoms with Crippen LogP contribution in [-0.2, 0) is 0 Å². The number of hydrogen-bond acceptors (Lipinski definition) is 4. The quantitative estimate of drug-likeness (QED) is 0.836. The maximum atomic E-state index is 13.0. The van der Waals surface area contributed by atoms with Gasteiger partial charge in [-0.25, -0.2) is 4.98 Å². The van der Waals surface area contributed by atoms with E-state index in [4.69, 9.17) is 4.98 Å². The number of amides is 1. The second kappa shape index (κ2) is 7.26. The molecule has 0 aliphatic carbocycles. The number of carbonyl (C=O) groups is 1. The van der Waals surface area contributed by atoms with Crippen LogP contribution in [0.1, 0.15) is 40.3 Å². The van der Waals surface area contributed by atoms with Gasteiger partial charge in [-0.1, -0.05) is 18.2 Å². The van der Waals surface area contributed by atoms with Crippen molar-refractivity contribution in [1.82, 2.24) is 14.8 Å². The molecule has 0 saturated carbocycles. The van der Waals surface area contributed by atoms with Crippen LogP contribution in [0.5, 0.6) is 0 Å². The van der Waals surface area contributed by atoms with Crippen LogP contribution in [-0.4, -0.2) is 52.9 Å². The summed E-state index contributed by atoms with van der Waals surface area (Å²) in [5.41, 5.74) is 4.47. The van der Waals surface area contributed by atoms with Crippen molar-refractivity contribution in [2.24, 2.45) is 0 Å². The molecule has 0 spiro atoms. The maximum absolute atomic E-state index is 13.0. The summed E-state index contributed by atoms with van der Waals surface area (Å²) >= 11 is 1.53. The zero-order valence-electron chi connectivity index (χ0n) is 15.8. The molecule has 4 nitrogen and oxygen atoms in total. The second-order valence-corrected chi connectivity index (χ2v) is 8.10. The first-order valence-corrected chi connectivity index (χ1v) is 9.77. The summed E-state index contributed by atoms with van der Waals surface area (Å²) in [6, 6.07) is 6.80. The molecular weight excluding hydrogens is 330 g/mol. The highest BCUT2D eigenvalue weighted by atomic mass is 32.1. The minimum atomic E-state index is 0.134. The molecule has 1 aliphatic heterocycles. The maximum Gasteiger partial charge on any atom is 0.265 e. The normalized spacial score (nSPS) is 15.8. The first kappa shape index (κ1) is 18.1. The molecule has 0 N–H and O–H groups in total. The standard InChI is InChI=1S/C20H27N3OS/c1-13(2)22-9-11-23(12-10-22)20(24)18-16(5)21-19(25-18)17-8-6-7-14(3)15(17)4/h6-8,13H,9-12H2,1-5H3. The van der Waals surface area contributed by atoms with Crippen molar-refractivity contribution in [2.75, 3.05) is 26.2 Å². The predicted molar refractivity (Wildman–Crippen MR) is 104 cm³/mol. The highest BCUT2D eigenvalue weighted by Crippen LogP contribution is 2.32. The molecule has 25 heavy (non-hydrogen) atoms. The van der Waals surface area contributed by atoms with Gasteiger partial charge in [-0.05, 0) is 45.7 Å². The van der Waals surface area contributed by atoms with Crippen molar-refractivity contribution in [3.63, 3.8) is 0 Å². The smallest absolute Gasteiger partial charge is 0.265 e. The molecule has 0 unspecified atom stereocenters. The van der Waals surface area contributed by atoms with Gasteiger partial charge in [-0.2, -0.15) is 0 Å². The van der Waals surface area contributed by atoms with Crippen LogP contribution in [0.4, 0.5) is 0 Å². The van der Waals surface area contributed by atoms with Crippen molar-refractivity contribution in [3.05, 3.63) is 39.9 Å². The van der Waals surface area contributed by atoms with E-state index < -0.39 is 0 Å². The molecule has 0 atom stereocenters. The number of aryl methyl sites for hydroxylation is 2. The number of hydrogen-bond donors (Lipinski definition) is 0. The van der Waals surface area contributed by atoms with Gasteiger partial charge in [0.25, 0.3) is 5.91 Å². The Morgan fingerprint density at radius 3 is 2.44 bits per heavy atom. The molecule has 0 bridgehead atoms. The van der Waals surface area contributed by atoms with E-state index in [2.05, 4.69) is 50.8 Å². The van der Waals surface area contributed by atoms with Crippen LogP contribution >= 0.6 is 11.3 Å². The van der Waals surface area contributed by atoms with Crippen LogP contribution in [0.2, 0.25) is 0 Å². The number of aromatic nitrogens is 1. The average Bonchev–Trinajstić information content (AvgIpc) is 2.98. The van der Waals surface area contributed by atoms with Crippen LogP contribution < -0.4 is 0 Å².